The molecule has 0 unspecified atom stereocenters. The molecule has 1 rings (SSSR count). The van der Waals surface area contributed by atoms with Crippen molar-refractivity contribution >= 4 is 47.6 Å². The maximum absolute atomic E-state index is 13.2. The summed E-state index contributed by atoms with van der Waals surface area (Å²) < 4.78 is 39.5. The maximum Gasteiger partial charge on any atom is 0.427 e. The minimum Gasteiger partial charge on any atom is -0.402 e. The average molecular weight is 378 g/mol. The van der Waals surface area contributed by atoms with Gasteiger partial charge in [-0.05, 0) is 15.9 Å². The highest BCUT2D eigenvalue weighted by molar-refractivity contribution is 9.10. The molecule has 0 saturated carbocycles. The first-order valence-corrected chi connectivity index (χ1v) is 7.28. The van der Waals surface area contributed by atoms with E-state index in [-0.39, 0.29) is 4.47 Å². The van der Waals surface area contributed by atoms with E-state index in [9.17, 15) is 27.7 Å². The highest BCUT2D eigenvalue weighted by Crippen LogP contribution is 2.32. The van der Waals surface area contributed by atoms with Crippen molar-refractivity contribution in [3.05, 3.63) is 32.5 Å². The summed E-state index contributed by atoms with van der Waals surface area (Å²) >= 11 is 2.71. The van der Waals surface area contributed by atoms with E-state index in [1.54, 1.807) is 0 Å². The second kappa shape index (κ2) is 5.67. The van der Waals surface area contributed by atoms with Crippen molar-refractivity contribution < 1.29 is 27.3 Å². The van der Waals surface area contributed by atoms with Gasteiger partial charge in [0, 0.05) is 22.8 Å². The SMILES string of the molecule is O=C(NS(=O)(=O)Cl)Oc1cc(F)c(Br)cc1[N+](=O)[O-]. The van der Waals surface area contributed by atoms with Gasteiger partial charge in [-0.3, -0.25) is 10.1 Å². The summed E-state index contributed by atoms with van der Waals surface area (Å²) in [5.41, 5.74) is -0.740. The third kappa shape index (κ3) is 4.61. The zero-order chi connectivity index (χ0) is 14.8. The average Bonchev–Trinajstić information content (AvgIpc) is 2.19. The van der Waals surface area contributed by atoms with E-state index >= 15 is 0 Å². The summed E-state index contributed by atoms with van der Waals surface area (Å²) in [7, 11) is 0.278. The molecule has 12 heteroatoms. The van der Waals surface area contributed by atoms with Gasteiger partial charge in [-0.2, -0.15) is 8.42 Å². The van der Waals surface area contributed by atoms with Gasteiger partial charge in [0.2, 0.25) is 5.75 Å². The van der Waals surface area contributed by atoms with E-state index < -0.39 is 37.5 Å². The molecule has 0 radical (unpaired) electrons. The number of benzene rings is 1. The molecule has 0 aliphatic heterocycles. The molecule has 0 aromatic heterocycles. The van der Waals surface area contributed by atoms with E-state index in [1.165, 1.54) is 4.72 Å². The van der Waals surface area contributed by atoms with Crippen molar-refractivity contribution in [2.45, 2.75) is 0 Å². The predicted molar refractivity (Wildman–Crippen MR) is 64.7 cm³/mol. The fourth-order valence-electron chi connectivity index (χ4n) is 0.963. The van der Waals surface area contributed by atoms with Crippen LogP contribution >= 0.6 is 26.6 Å². The molecule has 104 valence electrons. The summed E-state index contributed by atoms with van der Waals surface area (Å²) in [6.45, 7) is 0. The Hall–Kier alpha value is -1.46. The summed E-state index contributed by atoms with van der Waals surface area (Å²) in [4.78, 5) is 20.8. The van der Waals surface area contributed by atoms with Crippen molar-refractivity contribution in [2.24, 2.45) is 0 Å². The van der Waals surface area contributed by atoms with Gasteiger partial charge >= 0.3 is 21.0 Å². The van der Waals surface area contributed by atoms with Gasteiger partial charge in [-0.25, -0.2) is 13.9 Å². The van der Waals surface area contributed by atoms with Gasteiger partial charge in [-0.15, -0.1) is 0 Å². The van der Waals surface area contributed by atoms with Crippen molar-refractivity contribution in [1.29, 1.82) is 0 Å². The van der Waals surface area contributed by atoms with Gasteiger partial charge in [-0.1, -0.05) is 0 Å². The number of carbonyl (C=O) groups excluding carboxylic acids is 1. The summed E-state index contributed by atoms with van der Waals surface area (Å²) in [5, 5.41) is 10.7. The lowest BCUT2D eigenvalue weighted by atomic mass is 10.3. The van der Waals surface area contributed by atoms with Crippen LogP contribution in [0.15, 0.2) is 16.6 Å². The normalized spacial score (nSPS) is 10.9. The van der Waals surface area contributed by atoms with E-state index in [0.29, 0.717) is 6.07 Å². The van der Waals surface area contributed by atoms with Crippen LogP contribution in [0, 0.1) is 15.9 Å². The van der Waals surface area contributed by atoms with Gasteiger partial charge in [0.05, 0.1) is 9.40 Å². The number of nitro groups is 1. The molecule has 0 saturated heterocycles. The Kier molecular flexibility index (Phi) is 4.66. The molecule has 1 aromatic rings. The summed E-state index contributed by atoms with van der Waals surface area (Å²) in [6.07, 6.45) is -1.61. The number of nitro benzene ring substituents is 1. The molecule has 0 heterocycles. The number of carbonyl (C=O) groups is 1. The first kappa shape index (κ1) is 15.6. The number of ether oxygens (including phenoxy) is 1. The van der Waals surface area contributed by atoms with Crippen molar-refractivity contribution in [3.63, 3.8) is 0 Å². The van der Waals surface area contributed by atoms with Gasteiger partial charge < -0.3 is 4.74 Å². The largest absolute Gasteiger partial charge is 0.427 e. The monoisotopic (exact) mass is 376 g/mol. The minimum absolute atomic E-state index is 0.225. The van der Waals surface area contributed by atoms with Crippen LogP contribution in [0.3, 0.4) is 0 Å². The molecule has 1 aromatic carbocycles. The van der Waals surface area contributed by atoms with Crippen molar-refractivity contribution in [3.8, 4) is 5.75 Å². The molecule has 0 spiro atoms. The lowest BCUT2D eigenvalue weighted by Gasteiger charge is -2.05. The third-order valence-corrected chi connectivity index (χ3v) is 2.86. The maximum atomic E-state index is 13.2. The van der Waals surface area contributed by atoms with Crippen LogP contribution in [-0.2, 0) is 9.24 Å². The predicted octanol–water partition coefficient (Wildman–Crippen LogP) is 2.07. The zero-order valence-corrected chi connectivity index (χ0v) is 11.8. The number of hydrogen-bond donors (Lipinski definition) is 1. The molecular formula is C7H3BrClFN2O6S. The van der Waals surface area contributed by atoms with Gasteiger partial charge in [0.1, 0.15) is 5.82 Å². The molecule has 1 amide bonds. The van der Waals surface area contributed by atoms with E-state index in [1.807, 2.05) is 0 Å². The number of amides is 1. The molecule has 1 N–H and O–H groups in total. The standard InChI is InChI=1S/C7H3BrClFN2O6S/c8-3-1-5(12(14)15)6(2-4(3)10)18-7(13)11-19(9,16)17/h1-2H,(H,11,13). The Labute approximate surface area is 118 Å². The Morgan fingerprint density at radius 1 is 1.53 bits per heavy atom. The number of hydrogen-bond acceptors (Lipinski definition) is 6. The van der Waals surface area contributed by atoms with Crippen LogP contribution in [0.1, 0.15) is 0 Å². The lowest BCUT2D eigenvalue weighted by molar-refractivity contribution is -0.385. The lowest BCUT2D eigenvalue weighted by Crippen LogP contribution is -2.29. The van der Waals surface area contributed by atoms with E-state index in [4.69, 9.17) is 10.7 Å². The van der Waals surface area contributed by atoms with Gasteiger partial charge in [0.15, 0.2) is 0 Å². The zero-order valence-electron chi connectivity index (χ0n) is 8.59. The topological polar surface area (TPSA) is 116 Å². The quantitative estimate of drug-likeness (QED) is 0.490. The molecular weight excluding hydrogens is 375 g/mol. The van der Waals surface area contributed by atoms with Crippen molar-refractivity contribution in [2.75, 3.05) is 0 Å². The molecule has 0 bridgehead atoms. The second-order valence-electron chi connectivity index (χ2n) is 2.92. The molecule has 0 aliphatic rings. The van der Waals surface area contributed by atoms with Crippen LogP contribution in [0.2, 0.25) is 0 Å². The first-order valence-electron chi connectivity index (χ1n) is 4.18. The second-order valence-corrected chi connectivity index (χ2v) is 6.07. The van der Waals surface area contributed by atoms with Crippen LogP contribution < -0.4 is 9.46 Å². The van der Waals surface area contributed by atoms with Crippen LogP contribution in [0.25, 0.3) is 0 Å². The fourth-order valence-corrected chi connectivity index (χ4v) is 1.72. The molecule has 8 nitrogen and oxygen atoms in total. The van der Waals surface area contributed by atoms with Crippen LogP contribution in [0.5, 0.6) is 5.75 Å². The number of nitrogens with one attached hydrogen (secondary N) is 1. The van der Waals surface area contributed by atoms with Crippen LogP contribution in [0.4, 0.5) is 14.9 Å². The smallest absolute Gasteiger partial charge is 0.402 e. The highest BCUT2D eigenvalue weighted by Gasteiger charge is 2.22. The van der Waals surface area contributed by atoms with Crippen molar-refractivity contribution in [1.82, 2.24) is 4.72 Å². The van der Waals surface area contributed by atoms with E-state index in [2.05, 4.69) is 20.7 Å². The molecule has 19 heavy (non-hydrogen) atoms. The van der Waals surface area contributed by atoms with Gasteiger partial charge in [0.25, 0.3) is 0 Å². The number of halogens is 3. The number of nitrogens with zero attached hydrogens (tertiary/aromatic N) is 1. The molecule has 0 atom stereocenters. The Balaban J connectivity index is 3.10. The Bertz CT molecular complexity index is 651. The summed E-state index contributed by atoms with van der Waals surface area (Å²) in [6, 6.07) is 1.30. The highest BCUT2D eigenvalue weighted by atomic mass is 79.9. The Morgan fingerprint density at radius 3 is 2.58 bits per heavy atom. The Morgan fingerprint density at radius 2 is 2.11 bits per heavy atom. The minimum atomic E-state index is -4.42. The fraction of sp³-hybridized carbons (Fsp3) is 0. The molecule has 0 fully saturated rings. The van der Waals surface area contributed by atoms with E-state index in [0.717, 1.165) is 6.07 Å². The summed E-state index contributed by atoms with van der Waals surface area (Å²) in [5.74, 6) is -1.72. The molecule has 0 aliphatic carbocycles. The van der Waals surface area contributed by atoms with Crippen LogP contribution in [-0.4, -0.2) is 19.4 Å². The first-order chi connectivity index (χ1) is 8.60. The third-order valence-electron chi connectivity index (χ3n) is 1.61. The number of rotatable bonds is 3.